The predicted octanol–water partition coefficient (Wildman–Crippen LogP) is 3.61. The minimum atomic E-state index is -1.06. The zero-order valence-corrected chi connectivity index (χ0v) is 11.3. The van der Waals surface area contributed by atoms with Crippen LogP contribution in [0, 0.1) is 5.82 Å². The maximum Gasteiger partial charge on any atom is 0.328 e. The van der Waals surface area contributed by atoms with Gasteiger partial charge >= 0.3 is 5.97 Å². The Kier molecular flexibility index (Phi) is 4.90. The number of carbonyl (C=O) groups is 1. The lowest BCUT2D eigenvalue weighted by molar-refractivity contribution is -0.131. The number of pyridine rings is 1. The SMILES string of the molecule is O=C(O)C=Cc1cc(F)cc(CSc2ccccn2)c1. The van der Waals surface area contributed by atoms with Crippen LogP contribution >= 0.6 is 11.8 Å². The highest BCUT2D eigenvalue weighted by molar-refractivity contribution is 7.98. The van der Waals surface area contributed by atoms with Gasteiger partial charge in [0.15, 0.2) is 0 Å². The lowest BCUT2D eigenvalue weighted by Crippen LogP contribution is -1.89. The van der Waals surface area contributed by atoms with Gasteiger partial charge < -0.3 is 5.11 Å². The summed E-state index contributed by atoms with van der Waals surface area (Å²) in [6, 6.07) is 10.1. The normalized spacial score (nSPS) is 10.8. The number of hydrogen-bond acceptors (Lipinski definition) is 3. The number of aromatic nitrogens is 1. The number of rotatable bonds is 5. The van der Waals surface area contributed by atoms with E-state index >= 15 is 0 Å². The van der Waals surface area contributed by atoms with Crippen LogP contribution in [-0.4, -0.2) is 16.1 Å². The van der Waals surface area contributed by atoms with Crippen LogP contribution in [0.2, 0.25) is 0 Å². The van der Waals surface area contributed by atoms with E-state index in [4.69, 9.17) is 5.11 Å². The van der Waals surface area contributed by atoms with Crippen molar-refractivity contribution in [1.29, 1.82) is 0 Å². The van der Waals surface area contributed by atoms with Gasteiger partial charge in [0.2, 0.25) is 0 Å². The highest BCUT2D eigenvalue weighted by Gasteiger charge is 2.02. The lowest BCUT2D eigenvalue weighted by Gasteiger charge is -2.03. The van der Waals surface area contributed by atoms with Crippen LogP contribution in [0.3, 0.4) is 0 Å². The van der Waals surface area contributed by atoms with Crippen molar-refractivity contribution in [1.82, 2.24) is 4.98 Å². The lowest BCUT2D eigenvalue weighted by atomic mass is 10.1. The zero-order valence-electron chi connectivity index (χ0n) is 10.5. The maximum absolute atomic E-state index is 13.5. The smallest absolute Gasteiger partial charge is 0.328 e. The number of aliphatic carboxylic acids is 1. The Labute approximate surface area is 120 Å². The minimum Gasteiger partial charge on any atom is -0.478 e. The van der Waals surface area contributed by atoms with Crippen molar-refractivity contribution in [2.24, 2.45) is 0 Å². The molecule has 0 radical (unpaired) electrons. The number of benzene rings is 1. The molecule has 0 fully saturated rings. The van der Waals surface area contributed by atoms with E-state index in [-0.39, 0.29) is 5.82 Å². The molecule has 20 heavy (non-hydrogen) atoms. The molecule has 1 aromatic heterocycles. The molecule has 0 atom stereocenters. The van der Waals surface area contributed by atoms with Crippen molar-refractivity contribution in [3.05, 3.63) is 65.6 Å². The minimum absolute atomic E-state index is 0.380. The first kappa shape index (κ1) is 14.3. The van der Waals surface area contributed by atoms with Gasteiger partial charge in [-0.2, -0.15) is 0 Å². The summed E-state index contributed by atoms with van der Waals surface area (Å²) in [5, 5.41) is 9.43. The Morgan fingerprint density at radius 1 is 1.35 bits per heavy atom. The van der Waals surface area contributed by atoms with Crippen molar-refractivity contribution in [2.45, 2.75) is 10.8 Å². The molecule has 0 aliphatic carbocycles. The van der Waals surface area contributed by atoms with Crippen molar-refractivity contribution >= 4 is 23.8 Å². The van der Waals surface area contributed by atoms with Crippen molar-refractivity contribution in [3.63, 3.8) is 0 Å². The first-order valence-electron chi connectivity index (χ1n) is 5.88. The topological polar surface area (TPSA) is 50.2 Å². The molecule has 3 nitrogen and oxygen atoms in total. The van der Waals surface area contributed by atoms with E-state index in [1.54, 1.807) is 12.3 Å². The average molecular weight is 289 g/mol. The quantitative estimate of drug-likeness (QED) is 0.675. The third-order valence-electron chi connectivity index (χ3n) is 2.42. The summed E-state index contributed by atoms with van der Waals surface area (Å²) in [5.74, 6) is -0.865. The number of carboxylic acid groups (broad SMARTS) is 1. The van der Waals surface area contributed by atoms with Crippen LogP contribution in [0.5, 0.6) is 0 Å². The molecule has 0 saturated heterocycles. The van der Waals surface area contributed by atoms with Crippen LogP contribution in [0.1, 0.15) is 11.1 Å². The molecule has 5 heteroatoms. The molecule has 0 bridgehead atoms. The zero-order chi connectivity index (χ0) is 14.4. The van der Waals surface area contributed by atoms with Crippen LogP contribution in [-0.2, 0) is 10.5 Å². The molecular formula is C15H12FNO2S. The van der Waals surface area contributed by atoms with E-state index in [1.165, 1.54) is 30.0 Å². The van der Waals surface area contributed by atoms with Crippen LogP contribution in [0.15, 0.2) is 53.7 Å². The molecule has 102 valence electrons. The summed E-state index contributed by atoms with van der Waals surface area (Å²) >= 11 is 1.50. The van der Waals surface area contributed by atoms with Crippen molar-refractivity contribution in [2.75, 3.05) is 0 Å². The van der Waals surface area contributed by atoms with Gasteiger partial charge in [-0.1, -0.05) is 12.1 Å². The number of hydrogen-bond donors (Lipinski definition) is 1. The van der Waals surface area contributed by atoms with E-state index in [2.05, 4.69) is 4.98 Å². The molecule has 0 spiro atoms. The molecule has 1 aromatic carbocycles. The molecule has 0 saturated carbocycles. The fourth-order valence-corrected chi connectivity index (χ4v) is 2.40. The van der Waals surface area contributed by atoms with Gasteiger partial charge in [-0.05, 0) is 41.5 Å². The maximum atomic E-state index is 13.5. The predicted molar refractivity (Wildman–Crippen MR) is 76.9 cm³/mol. The molecule has 0 aliphatic rings. The molecule has 0 unspecified atom stereocenters. The molecule has 0 aliphatic heterocycles. The standard InChI is InChI=1S/C15H12FNO2S/c16-13-8-11(4-5-15(18)19)7-12(9-13)10-20-14-3-1-2-6-17-14/h1-9H,10H2,(H,18,19). The molecule has 2 rings (SSSR count). The Bertz CT molecular complexity index is 629. The Hall–Kier alpha value is -2.14. The van der Waals surface area contributed by atoms with E-state index < -0.39 is 5.97 Å². The highest BCUT2D eigenvalue weighted by atomic mass is 32.2. The molecule has 1 heterocycles. The van der Waals surface area contributed by atoms with E-state index in [1.807, 2.05) is 18.2 Å². The second-order valence-electron chi connectivity index (χ2n) is 4.02. The van der Waals surface area contributed by atoms with E-state index in [9.17, 15) is 9.18 Å². The van der Waals surface area contributed by atoms with Gasteiger partial charge in [-0.15, -0.1) is 11.8 Å². The van der Waals surface area contributed by atoms with E-state index in [0.717, 1.165) is 16.7 Å². The van der Waals surface area contributed by atoms with Gasteiger partial charge in [0.25, 0.3) is 0 Å². The number of halogens is 1. The molecule has 1 N–H and O–H groups in total. The molecule has 0 amide bonds. The number of thioether (sulfide) groups is 1. The highest BCUT2D eigenvalue weighted by Crippen LogP contribution is 2.22. The Balaban J connectivity index is 2.10. The summed E-state index contributed by atoms with van der Waals surface area (Å²) < 4.78 is 13.5. The van der Waals surface area contributed by atoms with Crippen LogP contribution < -0.4 is 0 Å². The van der Waals surface area contributed by atoms with Gasteiger partial charge in [0.1, 0.15) is 5.82 Å². The van der Waals surface area contributed by atoms with Crippen molar-refractivity contribution < 1.29 is 14.3 Å². The fourth-order valence-electron chi connectivity index (χ4n) is 1.61. The average Bonchev–Trinajstić information content (AvgIpc) is 2.44. The second-order valence-corrected chi connectivity index (χ2v) is 5.02. The summed E-state index contributed by atoms with van der Waals surface area (Å²) in [4.78, 5) is 14.6. The van der Waals surface area contributed by atoms with Crippen LogP contribution in [0.4, 0.5) is 4.39 Å². The fraction of sp³-hybridized carbons (Fsp3) is 0.0667. The van der Waals surface area contributed by atoms with E-state index in [0.29, 0.717) is 11.3 Å². The van der Waals surface area contributed by atoms with Gasteiger partial charge in [0.05, 0.1) is 5.03 Å². The Morgan fingerprint density at radius 3 is 2.90 bits per heavy atom. The van der Waals surface area contributed by atoms with Gasteiger partial charge in [-0.3, -0.25) is 0 Å². The van der Waals surface area contributed by atoms with Gasteiger partial charge in [-0.25, -0.2) is 14.2 Å². The van der Waals surface area contributed by atoms with Crippen molar-refractivity contribution in [3.8, 4) is 0 Å². The molecular weight excluding hydrogens is 277 g/mol. The Morgan fingerprint density at radius 2 is 2.20 bits per heavy atom. The first-order chi connectivity index (χ1) is 9.63. The van der Waals surface area contributed by atoms with Crippen LogP contribution in [0.25, 0.3) is 6.08 Å². The largest absolute Gasteiger partial charge is 0.478 e. The summed E-state index contributed by atoms with van der Waals surface area (Å²) in [6.45, 7) is 0. The third kappa shape index (κ3) is 4.51. The third-order valence-corrected chi connectivity index (χ3v) is 3.44. The van der Waals surface area contributed by atoms with Gasteiger partial charge in [0, 0.05) is 18.0 Å². The number of nitrogens with zero attached hydrogens (tertiary/aromatic N) is 1. The first-order valence-corrected chi connectivity index (χ1v) is 6.86. The second kappa shape index (κ2) is 6.86. The summed E-state index contributed by atoms with van der Waals surface area (Å²) in [7, 11) is 0. The molecule has 2 aromatic rings. The monoisotopic (exact) mass is 289 g/mol. The summed E-state index contributed by atoms with van der Waals surface area (Å²) in [6.07, 6.45) is 4.07. The summed E-state index contributed by atoms with van der Waals surface area (Å²) in [5.41, 5.74) is 1.31. The number of carboxylic acids is 1.